The number of amides is 1. The molecule has 0 saturated carbocycles. The number of rotatable bonds is 4. The number of ether oxygens (including phenoxy) is 1. The molecule has 0 spiro atoms. The van der Waals surface area contributed by atoms with Crippen LogP contribution in [0.5, 0.6) is 5.75 Å². The number of nitrogens with zero attached hydrogens (tertiary/aromatic N) is 4. The van der Waals surface area contributed by atoms with Gasteiger partial charge >= 0.3 is 0 Å². The summed E-state index contributed by atoms with van der Waals surface area (Å²) >= 11 is 5.94. The van der Waals surface area contributed by atoms with Crippen molar-refractivity contribution in [3.63, 3.8) is 0 Å². The summed E-state index contributed by atoms with van der Waals surface area (Å²) in [6, 6.07) is 17.3. The normalized spacial score (nSPS) is 13.9. The third-order valence-corrected chi connectivity index (χ3v) is 5.34. The minimum Gasteiger partial charge on any atom is -0.497 e. The number of aromatic nitrogens is 2. The monoisotopic (exact) mass is 424 g/mol. The third-order valence-electron chi connectivity index (χ3n) is 5.09. The van der Waals surface area contributed by atoms with Crippen LogP contribution >= 0.6 is 11.6 Å². The Morgan fingerprint density at radius 3 is 2.23 bits per heavy atom. The fourth-order valence-corrected chi connectivity index (χ4v) is 3.52. The molecule has 30 heavy (non-hydrogen) atoms. The predicted octanol–water partition coefficient (Wildman–Crippen LogP) is 2.86. The Labute approximate surface area is 179 Å². The highest BCUT2D eigenvalue weighted by atomic mass is 35.5. The van der Waals surface area contributed by atoms with Crippen LogP contribution in [0, 0.1) is 0 Å². The summed E-state index contributed by atoms with van der Waals surface area (Å²) in [5.41, 5.74) is 1.08. The standard InChI is InChI=1S/C22H21ClN4O3/c1-30-19-8-2-16(3-9-19)22(29)26-14-12-25(13-15-26)20-10-11-21(28)27(24-20)18-6-4-17(23)5-7-18/h2-11H,12-15H2,1H3. The van der Waals surface area contributed by atoms with E-state index < -0.39 is 0 Å². The van der Waals surface area contributed by atoms with E-state index >= 15 is 0 Å². The summed E-state index contributed by atoms with van der Waals surface area (Å²) in [6.07, 6.45) is 0. The van der Waals surface area contributed by atoms with E-state index in [0.29, 0.717) is 48.3 Å². The summed E-state index contributed by atoms with van der Waals surface area (Å²) in [6.45, 7) is 2.42. The molecular weight excluding hydrogens is 404 g/mol. The predicted molar refractivity (Wildman–Crippen MR) is 116 cm³/mol. The van der Waals surface area contributed by atoms with Gasteiger partial charge in [0.2, 0.25) is 0 Å². The molecule has 3 aromatic rings. The van der Waals surface area contributed by atoms with Gasteiger partial charge in [0.1, 0.15) is 11.6 Å². The van der Waals surface area contributed by atoms with Crippen molar-refractivity contribution in [3.05, 3.63) is 81.6 Å². The maximum Gasteiger partial charge on any atom is 0.271 e. The van der Waals surface area contributed by atoms with Crippen molar-refractivity contribution in [3.8, 4) is 11.4 Å². The molecule has 1 fully saturated rings. The van der Waals surface area contributed by atoms with Gasteiger partial charge in [0.15, 0.2) is 0 Å². The lowest BCUT2D eigenvalue weighted by atomic mass is 10.1. The first-order valence-electron chi connectivity index (χ1n) is 9.60. The van der Waals surface area contributed by atoms with Crippen molar-refractivity contribution < 1.29 is 9.53 Å². The molecule has 1 saturated heterocycles. The van der Waals surface area contributed by atoms with Crippen LogP contribution in [-0.4, -0.2) is 53.9 Å². The van der Waals surface area contributed by atoms with Crippen LogP contribution in [0.4, 0.5) is 5.82 Å². The van der Waals surface area contributed by atoms with E-state index in [9.17, 15) is 9.59 Å². The van der Waals surface area contributed by atoms with E-state index in [-0.39, 0.29) is 11.5 Å². The van der Waals surface area contributed by atoms with Crippen molar-refractivity contribution in [2.45, 2.75) is 0 Å². The molecule has 0 atom stereocenters. The molecule has 8 heteroatoms. The Bertz CT molecular complexity index is 1090. The van der Waals surface area contributed by atoms with Gasteiger partial charge in [-0.3, -0.25) is 9.59 Å². The molecule has 4 rings (SSSR count). The number of piperazine rings is 1. The zero-order valence-electron chi connectivity index (χ0n) is 16.5. The van der Waals surface area contributed by atoms with Gasteiger partial charge in [-0.25, -0.2) is 0 Å². The number of benzene rings is 2. The Kier molecular flexibility index (Phi) is 5.72. The topological polar surface area (TPSA) is 67.7 Å². The average Bonchev–Trinajstić information content (AvgIpc) is 2.80. The molecule has 154 valence electrons. The second-order valence-corrected chi connectivity index (χ2v) is 7.36. The Morgan fingerprint density at radius 2 is 1.60 bits per heavy atom. The van der Waals surface area contributed by atoms with Crippen molar-refractivity contribution in [1.29, 1.82) is 0 Å². The largest absolute Gasteiger partial charge is 0.497 e. The van der Waals surface area contributed by atoms with E-state index in [1.807, 2.05) is 4.90 Å². The van der Waals surface area contributed by atoms with Crippen LogP contribution < -0.4 is 15.2 Å². The lowest BCUT2D eigenvalue weighted by Crippen LogP contribution is -2.49. The second-order valence-electron chi connectivity index (χ2n) is 6.93. The summed E-state index contributed by atoms with van der Waals surface area (Å²) < 4.78 is 6.51. The smallest absolute Gasteiger partial charge is 0.271 e. The van der Waals surface area contributed by atoms with Crippen LogP contribution in [0.2, 0.25) is 5.02 Å². The molecule has 2 aromatic carbocycles. The van der Waals surface area contributed by atoms with Gasteiger partial charge in [0.25, 0.3) is 11.5 Å². The van der Waals surface area contributed by atoms with Crippen LogP contribution in [0.3, 0.4) is 0 Å². The summed E-state index contributed by atoms with van der Waals surface area (Å²) in [5, 5.41) is 5.11. The molecule has 0 bridgehead atoms. The van der Waals surface area contributed by atoms with E-state index in [2.05, 4.69) is 10.00 Å². The highest BCUT2D eigenvalue weighted by molar-refractivity contribution is 6.30. The number of halogens is 1. The first-order chi connectivity index (χ1) is 14.5. The minimum absolute atomic E-state index is 0.00334. The van der Waals surface area contributed by atoms with E-state index in [1.54, 1.807) is 61.7 Å². The molecule has 1 aliphatic heterocycles. The highest BCUT2D eigenvalue weighted by Crippen LogP contribution is 2.17. The first kappa shape index (κ1) is 20.0. The summed E-state index contributed by atoms with van der Waals surface area (Å²) in [5.74, 6) is 1.41. The molecule has 0 radical (unpaired) electrons. The van der Waals surface area contributed by atoms with E-state index in [1.165, 1.54) is 10.7 Å². The number of hydrogen-bond acceptors (Lipinski definition) is 5. The first-order valence-corrected chi connectivity index (χ1v) is 9.97. The lowest BCUT2D eigenvalue weighted by Gasteiger charge is -2.35. The molecule has 1 amide bonds. The van der Waals surface area contributed by atoms with E-state index in [0.717, 1.165) is 5.75 Å². The fraction of sp³-hybridized carbons (Fsp3) is 0.227. The Balaban J connectivity index is 1.46. The molecule has 0 unspecified atom stereocenters. The van der Waals surface area contributed by atoms with Crippen LogP contribution in [-0.2, 0) is 0 Å². The van der Waals surface area contributed by atoms with Crippen LogP contribution in [0.1, 0.15) is 10.4 Å². The van der Waals surface area contributed by atoms with E-state index in [4.69, 9.17) is 16.3 Å². The van der Waals surface area contributed by atoms with Crippen molar-refractivity contribution in [2.75, 3.05) is 38.2 Å². The average molecular weight is 425 g/mol. The van der Waals surface area contributed by atoms with Gasteiger partial charge in [-0.2, -0.15) is 4.68 Å². The molecule has 0 aliphatic carbocycles. The molecule has 1 aliphatic rings. The van der Waals surface area contributed by atoms with Gasteiger partial charge in [0.05, 0.1) is 12.8 Å². The van der Waals surface area contributed by atoms with Gasteiger partial charge in [-0.1, -0.05) is 11.6 Å². The zero-order chi connectivity index (χ0) is 21.1. The van der Waals surface area contributed by atoms with Gasteiger partial charge in [-0.15, -0.1) is 5.10 Å². The molecule has 1 aromatic heterocycles. The van der Waals surface area contributed by atoms with Gasteiger partial charge in [-0.05, 0) is 54.6 Å². The molecule has 7 nitrogen and oxygen atoms in total. The Morgan fingerprint density at radius 1 is 0.933 bits per heavy atom. The molecule has 2 heterocycles. The van der Waals surface area contributed by atoms with Crippen molar-refractivity contribution >= 4 is 23.3 Å². The zero-order valence-corrected chi connectivity index (χ0v) is 17.2. The number of anilines is 1. The summed E-state index contributed by atoms with van der Waals surface area (Å²) in [7, 11) is 1.60. The fourth-order valence-electron chi connectivity index (χ4n) is 3.39. The minimum atomic E-state index is -0.214. The van der Waals surface area contributed by atoms with Gasteiger partial charge < -0.3 is 14.5 Å². The quantitative estimate of drug-likeness (QED) is 0.644. The summed E-state index contributed by atoms with van der Waals surface area (Å²) in [4.78, 5) is 28.9. The second kappa shape index (κ2) is 8.59. The third kappa shape index (κ3) is 4.16. The molecule has 0 N–H and O–H groups in total. The van der Waals surface area contributed by atoms with Crippen LogP contribution in [0.15, 0.2) is 65.5 Å². The maximum absolute atomic E-state index is 12.7. The van der Waals surface area contributed by atoms with Gasteiger partial charge in [0, 0.05) is 42.8 Å². The number of hydrogen-bond donors (Lipinski definition) is 0. The molecular formula is C22H21ClN4O3. The number of carbonyl (C=O) groups is 1. The van der Waals surface area contributed by atoms with Crippen molar-refractivity contribution in [2.24, 2.45) is 0 Å². The van der Waals surface area contributed by atoms with Crippen molar-refractivity contribution in [1.82, 2.24) is 14.7 Å². The van der Waals surface area contributed by atoms with Crippen LogP contribution in [0.25, 0.3) is 5.69 Å². The Hall–Kier alpha value is -3.32. The lowest BCUT2D eigenvalue weighted by molar-refractivity contribution is 0.0746. The highest BCUT2D eigenvalue weighted by Gasteiger charge is 2.23. The SMILES string of the molecule is COc1ccc(C(=O)N2CCN(c3ccc(=O)n(-c4ccc(Cl)cc4)n3)CC2)cc1. The number of methoxy groups -OCH3 is 1. The number of carbonyl (C=O) groups excluding carboxylic acids is 1. The maximum atomic E-state index is 12.7.